The van der Waals surface area contributed by atoms with Gasteiger partial charge >= 0.3 is 0 Å². The molecule has 232 valence electrons. The van der Waals surface area contributed by atoms with Crippen LogP contribution >= 0.6 is 10.5 Å². The van der Waals surface area contributed by atoms with E-state index in [4.69, 9.17) is 0 Å². The van der Waals surface area contributed by atoms with E-state index in [2.05, 4.69) is 178 Å². The first-order valence-electron chi connectivity index (χ1n) is 16.4. The van der Waals surface area contributed by atoms with Crippen molar-refractivity contribution in [2.45, 2.75) is 11.8 Å². The van der Waals surface area contributed by atoms with Crippen molar-refractivity contribution in [1.82, 2.24) is 0 Å². The predicted octanol–water partition coefficient (Wildman–Crippen LogP) is 13.8. The second kappa shape index (κ2) is 13.3. The lowest BCUT2D eigenvalue weighted by Crippen LogP contribution is -1.93. The van der Waals surface area contributed by atoms with Crippen LogP contribution in [0.2, 0.25) is 0 Å². The third-order valence-corrected chi connectivity index (χ3v) is 10.9. The van der Waals surface area contributed by atoms with Crippen LogP contribution in [0.3, 0.4) is 0 Å². The number of hydrogen-bond donors (Lipinski definition) is 0. The van der Waals surface area contributed by atoms with E-state index >= 15 is 0 Å². The van der Waals surface area contributed by atoms with Crippen molar-refractivity contribution in [1.29, 1.82) is 0 Å². The average Bonchev–Trinajstić information content (AvgIpc) is 3.16. The predicted molar refractivity (Wildman–Crippen MR) is 218 cm³/mol. The Bertz CT molecular complexity index is 2500. The van der Waals surface area contributed by atoms with Gasteiger partial charge in [-0.15, -0.1) is 13.2 Å². The molecule has 0 aliphatic rings. The highest BCUT2D eigenvalue weighted by atomic mass is 32.2. The van der Waals surface area contributed by atoms with E-state index in [-0.39, 0.29) is 10.5 Å². The Morgan fingerprint density at radius 1 is 0.479 bits per heavy atom. The highest BCUT2D eigenvalue weighted by Gasteiger charge is 2.18. The standard InChI is InChI=1S/C45H34S.C2H4/c1-4-30-14-24-40-42(26-30)44(34-19-15-33(16-20-34)37-21-17-31-10-6-8-12-35(31)27-37)41-25-23-39(46(3)5-2)29-43(41)45(40)38-22-18-32-11-7-9-13-36(32)28-38;1-2/h4,6-29H,1,3,5H2,2H3;1-2H2. The van der Waals surface area contributed by atoms with Crippen molar-refractivity contribution in [2.75, 3.05) is 5.75 Å². The molecule has 0 amide bonds. The Morgan fingerprint density at radius 3 is 1.60 bits per heavy atom. The Kier molecular flexibility index (Phi) is 8.63. The molecule has 48 heavy (non-hydrogen) atoms. The number of fused-ring (bicyclic) bond motifs is 4. The summed E-state index contributed by atoms with van der Waals surface area (Å²) in [6, 6.07) is 53.7. The molecule has 0 radical (unpaired) electrons. The van der Waals surface area contributed by atoms with Gasteiger partial charge in [-0.05, 0) is 118 Å². The van der Waals surface area contributed by atoms with Gasteiger partial charge in [0.05, 0.1) is 0 Å². The summed E-state index contributed by atoms with van der Waals surface area (Å²) in [5.74, 6) is 5.54. The van der Waals surface area contributed by atoms with Crippen molar-refractivity contribution in [2.24, 2.45) is 0 Å². The molecule has 0 aliphatic heterocycles. The molecule has 0 spiro atoms. The fourth-order valence-corrected chi connectivity index (χ4v) is 7.74. The van der Waals surface area contributed by atoms with Crippen molar-refractivity contribution in [3.8, 4) is 33.4 Å². The summed E-state index contributed by atoms with van der Waals surface area (Å²) in [6.45, 7) is 12.3. The Labute approximate surface area is 286 Å². The first-order valence-corrected chi connectivity index (χ1v) is 17.9. The molecule has 0 aromatic heterocycles. The van der Waals surface area contributed by atoms with E-state index in [0.29, 0.717) is 0 Å². The van der Waals surface area contributed by atoms with Crippen LogP contribution in [-0.4, -0.2) is 11.6 Å². The second-order valence-electron chi connectivity index (χ2n) is 11.9. The highest BCUT2D eigenvalue weighted by molar-refractivity contribution is 8.14. The van der Waals surface area contributed by atoms with E-state index in [9.17, 15) is 0 Å². The summed E-state index contributed by atoms with van der Waals surface area (Å²) in [5.41, 5.74) is 8.54. The molecule has 0 saturated heterocycles. The van der Waals surface area contributed by atoms with Crippen LogP contribution in [0, 0.1) is 0 Å². The molecular formula is C47H38S. The molecule has 0 heterocycles. The quantitative estimate of drug-likeness (QED) is 0.0970. The molecule has 0 aliphatic carbocycles. The summed E-state index contributed by atoms with van der Waals surface area (Å²) >= 11 is 0. The van der Waals surface area contributed by atoms with Gasteiger partial charge in [-0.25, -0.2) is 0 Å². The molecule has 1 atom stereocenters. The third-order valence-electron chi connectivity index (χ3n) is 9.32. The zero-order valence-electron chi connectivity index (χ0n) is 27.4. The Morgan fingerprint density at radius 2 is 0.979 bits per heavy atom. The first kappa shape index (κ1) is 31.1. The summed E-state index contributed by atoms with van der Waals surface area (Å²) < 4.78 is 0. The second-order valence-corrected chi connectivity index (χ2v) is 14.0. The van der Waals surface area contributed by atoms with Gasteiger partial charge in [-0.1, -0.05) is 141 Å². The average molecular weight is 635 g/mol. The van der Waals surface area contributed by atoms with Crippen LogP contribution < -0.4 is 0 Å². The van der Waals surface area contributed by atoms with Crippen LogP contribution in [0.15, 0.2) is 170 Å². The zero-order chi connectivity index (χ0) is 33.2. The minimum absolute atomic E-state index is 0.0711. The maximum Gasteiger partial charge on any atom is 0.00176 e. The Hall–Kier alpha value is -5.50. The van der Waals surface area contributed by atoms with E-state index < -0.39 is 0 Å². The van der Waals surface area contributed by atoms with Gasteiger partial charge in [0, 0.05) is 4.90 Å². The summed E-state index contributed by atoms with van der Waals surface area (Å²) in [4.78, 5) is 1.30. The van der Waals surface area contributed by atoms with Gasteiger partial charge in [0.2, 0.25) is 0 Å². The van der Waals surface area contributed by atoms with Gasteiger partial charge < -0.3 is 0 Å². The smallest absolute Gasteiger partial charge is 0.00176 e. The monoisotopic (exact) mass is 634 g/mol. The molecular weight excluding hydrogens is 597 g/mol. The maximum atomic E-state index is 4.52. The fourth-order valence-electron chi connectivity index (χ4n) is 6.86. The lowest BCUT2D eigenvalue weighted by atomic mass is 9.84. The van der Waals surface area contributed by atoms with Crippen LogP contribution in [0.4, 0.5) is 0 Å². The third kappa shape index (κ3) is 5.57. The molecule has 0 nitrogen and oxygen atoms in total. The maximum absolute atomic E-state index is 4.52. The van der Waals surface area contributed by atoms with Crippen LogP contribution in [0.5, 0.6) is 0 Å². The fraction of sp³-hybridized carbons (Fsp3) is 0.0426. The molecule has 8 aromatic rings. The number of rotatable bonds is 6. The van der Waals surface area contributed by atoms with Gasteiger partial charge in [0.25, 0.3) is 0 Å². The molecule has 0 bridgehead atoms. The molecule has 0 N–H and O–H groups in total. The molecule has 0 fully saturated rings. The van der Waals surface area contributed by atoms with E-state index in [0.717, 1.165) is 11.3 Å². The SMILES string of the molecule is C=C.C=Cc1ccc2c(-c3ccc4ccccc4c3)c3cc(S(=C)CC)ccc3c(-c3ccc(-c4ccc5ccccc5c4)cc3)c2c1. The largest absolute Gasteiger partial charge is 0.162 e. The topological polar surface area (TPSA) is 0 Å². The van der Waals surface area contributed by atoms with E-state index in [1.54, 1.807) is 0 Å². The first-order chi connectivity index (χ1) is 23.6. The molecule has 8 aromatic carbocycles. The zero-order valence-corrected chi connectivity index (χ0v) is 28.2. The summed E-state index contributed by atoms with van der Waals surface area (Å²) in [5, 5.41) is 10.0. The van der Waals surface area contributed by atoms with E-state index in [1.165, 1.54) is 81.4 Å². The summed E-state index contributed by atoms with van der Waals surface area (Å²) in [6.07, 6.45) is 1.95. The molecule has 1 heteroatoms. The summed E-state index contributed by atoms with van der Waals surface area (Å²) in [7, 11) is -0.0711. The van der Waals surface area contributed by atoms with Crippen molar-refractivity contribution < 1.29 is 0 Å². The number of benzene rings is 8. The van der Waals surface area contributed by atoms with E-state index in [1.807, 2.05) is 6.08 Å². The van der Waals surface area contributed by atoms with Gasteiger partial charge in [0.1, 0.15) is 0 Å². The van der Waals surface area contributed by atoms with Crippen LogP contribution in [0.25, 0.3) is 82.5 Å². The molecule has 0 saturated carbocycles. The minimum atomic E-state index is -0.0711. The van der Waals surface area contributed by atoms with Crippen LogP contribution in [0.1, 0.15) is 12.5 Å². The molecule has 1 unspecified atom stereocenters. The normalized spacial score (nSPS) is 11.8. The van der Waals surface area contributed by atoms with Gasteiger partial charge in [0.15, 0.2) is 0 Å². The van der Waals surface area contributed by atoms with Crippen LogP contribution in [-0.2, 0) is 0 Å². The molecule has 8 rings (SSSR count). The minimum Gasteiger partial charge on any atom is -0.162 e. The Balaban J connectivity index is 0.00000179. The van der Waals surface area contributed by atoms with Gasteiger partial charge in [-0.3, -0.25) is 0 Å². The number of hydrogen-bond acceptors (Lipinski definition) is 0. The van der Waals surface area contributed by atoms with Crippen molar-refractivity contribution in [3.63, 3.8) is 0 Å². The highest BCUT2D eigenvalue weighted by Crippen LogP contribution is 2.46. The van der Waals surface area contributed by atoms with Gasteiger partial charge in [-0.2, -0.15) is 10.5 Å². The van der Waals surface area contributed by atoms with Crippen molar-refractivity contribution >= 4 is 65.5 Å². The van der Waals surface area contributed by atoms with Crippen molar-refractivity contribution in [3.05, 3.63) is 171 Å². The lowest BCUT2D eigenvalue weighted by molar-refractivity contribution is 1.45. The lowest BCUT2D eigenvalue weighted by Gasteiger charge is -2.20.